The Morgan fingerprint density at radius 3 is 2.29 bits per heavy atom. The van der Waals surface area contributed by atoms with Crippen LogP contribution in [0, 0.1) is 11.7 Å². The van der Waals surface area contributed by atoms with Crippen molar-refractivity contribution in [1.82, 2.24) is 0 Å². The summed E-state index contributed by atoms with van der Waals surface area (Å²) in [6, 6.07) is 6.43. The second-order valence-electron chi connectivity index (χ2n) is 4.66. The van der Waals surface area contributed by atoms with Crippen molar-refractivity contribution >= 4 is 0 Å². The first-order valence-corrected chi connectivity index (χ1v) is 6.16. The van der Waals surface area contributed by atoms with E-state index in [1.807, 2.05) is 6.92 Å². The molecule has 0 bridgehead atoms. The molecule has 17 heavy (non-hydrogen) atoms. The average Bonchev–Trinajstić information content (AvgIpc) is 2.28. The van der Waals surface area contributed by atoms with Gasteiger partial charge in [-0.3, -0.25) is 0 Å². The van der Waals surface area contributed by atoms with Crippen molar-refractivity contribution < 1.29 is 9.13 Å². The zero-order chi connectivity index (χ0) is 12.8. The summed E-state index contributed by atoms with van der Waals surface area (Å²) in [4.78, 5) is 0. The van der Waals surface area contributed by atoms with Gasteiger partial charge in [-0.1, -0.05) is 26.0 Å². The number of rotatable bonds is 6. The zero-order valence-electron chi connectivity index (χ0n) is 10.8. The number of halogens is 1. The molecule has 1 aromatic rings. The molecule has 1 aromatic carbocycles. The Kier molecular flexibility index (Phi) is 5.59. The Morgan fingerprint density at radius 1 is 1.24 bits per heavy atom. The van der Waals surface area contributed by atoms with Crippen molar-refractivity contribution in [2.24, 2.45) is 11.7 Å². The fraction of sp³-hybridized carbons (Fsp3) is 0.571. The molecule has 1 rings (SSSR count). The summed E-state index contributed by atoms with van der Waals surface area (Å²) in [7, 11) is 0. The largest absolute Gasteiger partial charge is 0.377 e. The minimum absolute atomic E-state index is 0.0463. The van der Waals surface area contributed by atoms with Crippen molar-refractivity contribution in [3.8, 4) is 0 Å². The molecule has 0 aliphatic carbocycles. The van der Waals surface area contributed by atoms with E-state index in [-0.39, 0.29) is 18.0 Å². The van der Waals surface area contributed by atoms with E-state index in [9.17, 15) is 4.39 Å². The first-order chi connectivity index (χ1) is 8.04. The van der Waals surface area contributed by atoms with Crippen LogP contribution in [0.5, 0.6) is 0 Å². The molecule has 2 N–H and O–H groups in total. The van der Waals surface area contributed by atoms with Crippen LogP contribution in [0.15, 0.2) is 24.3 Å². The van der Waals surface area contributed by atoms with Gasteiger partial charge in [-0.2, -0.15) is 0 Å². The van der Waals surface area contributed by atoms with Gasteiger partial charge < -0.3 is 10.5 Å². The van der Waals surface area contributed by atoms with Crippen molar-refractivity contribution in [1.29, 1.82) is 0 Å². The Morgan fingerprint density at radius 2 is 1.82 bits per heavy atom. The van der Waals surface area contributed by atoms with Gasteiger partial charge in [0, 0.05) is 12.6 Å². The number of hydrogen-bond acceptors (Lipinski definition) is 2. The summed E-state index contributed by atoms with van der Waals surface area (Å²) in [5.74, 6) is 0.165. The molecule has 96 valence electrons. The lowest BCUT2D eigenvalue weighted by atomic mass is 9.94. The minimum atomic E-state index is -0.215. The van der Waals surface area contributed by atoms with Crippen LogP contribution in [0.1, 0.15) is 26.3 Å². The molecular weight excluding hydrogens is 217 g/mol. The molecule has 2 unspecified atom stereocenters. The van der Waals surface area contributed by atoms with Crippen molar-refractivity contribution in [3.05, 3.63) is 35.6 Å². The van der Waals surface area contributed by atoms with Gasteiger partial charge in [0.25, 0.3) is 0 Å². The van der Waals surface area contributed by atoms with Crippen LogP contribution in [-0.2, 0) is 11.2 Å². The Labute approximate surface area is 103 Å². The molecule has 0 saturated heterocycles. The molecule has 0 aliphatic rings. The van der Waals surface area contributed by atoms with Crippen LogP contribution in [0.3, 0.4) is 0 Å². The molecular formula is C14H22FNO. The lowest BCUT2D eigenvalue weighted by molar-refractivity contribution is 0.0128. The van der Waals surface area contributed by atoms with Gasteiger partial charge >= 0.3 is 0 Å². The first-order valence-electron chi connectivity index (χ1n) is 6.16. The summed E-state index contributed by atoms with van der Waals surface area (Å²) in [6.07, 6.45) is 0.758. The second-order valence-corrected chi connectivity index (χ2v) is 4.66. The Bertz CT molecular complexity index is 323. The SMILES string of the molecule is CCOC(C(C)C)C(N)Cc1ccc(F)cc1. The lowest BCUT2D eigenvalue weighted by Gasteiger charge is -2.27. The average molecular weight is 239 g/mol. The van der Waals surface area contributed by atoms with Gasteiger partial charge in [0.1, 0.15) is 5.82 Å². The van der Waals surface area contributed by atoms with E-state index in [0.29, 0.717) is 18.9 Å². The number of benzene rings is 1. The number of nitrogens with two attached hydrogens (primary N) is 1. The van der Waals surface area contributed by atoms with E-state index >= 15 is 0 Å². The van der Waals surface area contributed by atoms with E-state index < -0.39 is 0 Å². The highest BCUT2D eigenvalue weighted by Crippen LogP contribution is 2.14. The Balaban J connectivity index is 2.62. The van der Waals surface area contributed by atoms with Gasteiger partial charge in [0.2, 0.25) is 0 Å². The summed E-state index contributed by atoms with van der Waals surface area (Å²) in [5, 5.41) is 0. The van der Waals surface area contributed by atoms with E-state index in [0.717, 1.165) is 5.56 Å². The van der Waals surface area contributed by atoms with Crippen molar-refractivity contribution in [3.63, 3.8) is 0 Å². The molecule has 3 heteroatoms. The summed E-state index contributed by atoms with van der Waals surface area (Å²) in [5.41, 5.74) is 7.20. The van der Waals surface area contributed by atoms with Crippen LogP contribution >= 0.6 is 0 Å². The Hall–Kier alpha value is -0.930. The van der Waals surface area contributed by atoms with Crippen LogP contribution in [0.4, 0.5) is 4.39 Å². The van der Waals surface area contributed by atoms with Crippen molar-refractivity contribution in [2.75, 3.05) is 6.61 Å². The smallest absolute Gasteiger partial charge is 0.123 e. The molecule has 2 atom stereocenters. The highest BCUT2D eigenvalue weighted by Gasteiger charge is 2.21. The van der Waals surface area contributed by atoms with Gasteiger partial charge in [0.05, 0.1) is 6.10 Å². The summed E-state index contributed by atoms with van der Waals surface area (Å²) in [6.45, 7) is 6.84. The molecule has 0 spiro atoms. The van der Waals surface area contributed by atoms with Gasteiger partial charge in [-0.15, -0.1) is 0 Å². The maximum absolute atomic E-state index is 12.8. The standard InChI is InChI=1S/C14H22FNO/c1-4-17-14(10(2)3)13(16)9-11-5-7-12(15)8-6-11/h5-8,10,13-14H,4,9,16H2,1-3H3. The summed E-state index contributed by atoms with van der Waals surface area (Å²) >= 11 is 0. The maximum Gasteiger partial charge on any atom is 0.123 e. The molecule has 0 saturated carbocycles. The quantitative estimate of drug-likeness (QED) is 0.828. The maximum atomic E-state index is 12.8. The molecule has 0 amide bonds. The third kappa shape index (κ3) is 4.44. The van der Waals surface area contributed by atoms with E-state index in [2.05, 4.69) is 13.8 Å². The van der Waals surface area contributed by atoms with Crippen molar-refractivity contribution in [2.45, 2.75) is 39.3 Å². The lowest BCUT2D eigenvalue weighted by Crippen LogP contribution is -2.42. The second kappa shape index (κ2) is 6.72. The summed E-state index contributed by atoms with van der Waals surface area (Å²) < 4.78 is 18.4. The third-order valence-corrected chi connectivity index (χ3v) is 2.82. The van der Waals surface area contributed by atoms with Gasteiger partial charge in [-0.05, 0) is 37.0 Å². The van der Waals surface area contributed by atoms with E-state index in [1.165, 1.54) is 12.1 Å². The van der Waals surface area contributed by atoms with Crippen LogP contribution < -0.4 is 5.73 Å². The molecule has 0 heterocycles. The predicted octanol–water partition coefficient (Wildman–Crippen LogP) is 2.76. The highest BCUT2D eigenvalue weighted by atomic mass is 19.1. The predicted molar refractivity (Wildman–Crippen MR) is 68.3 cm³/mol. The monoisotopic (exact) mass is 239 g/mol. The molecule has 0 radical (unpaired) electrons. The molecule has 2 nitrogen and oxygen atoms in total. The topological polar surface area (TPSA) is 35.2 Å². The molecule has 0 fully saturated rings. The van der Waals surface area contributed by atoms with E-state index in [1.54, 1.807) is 12.1 Å². The zero-order valence-corrected chi connectivity index (χ0v) is 10.8. The van der Waals surface area contributed by atoms with Crippen LogP contribution in [0.2, 0.25) is 0 Å². The highest BCUT2D eigenvalue weighted by molar-refractivity contribution is 5.17. The molecule has 0 aliphatic heterocycles. The normalized spacial score (nSPS) is 14.9. The fourth-order valence-corrected chi connectivity index (χ4v) is 2.01. The van der Waals surface area contributed by atoms with E-state index in [4.69, 9.17) is 10.5 Å². The van der Waals surface area contributed by atoms with Crippen LogP contribution in [0.25, 0.3) is 0 Å². The third-order valence-electron chi connectivity index (χ3n) is 2.82. The fourth-order valence-electron chi connectivity index (χ4n) is 2.01. The van der Waals surface area contributed by atoms with Crippen LogP contribution in [-0.4, -0.2) is 18.8 Å². The molecule has 0 aromatic heterocycles. The first kappa shape index (κ1) is 14.1. The minimum Gasteiger partial charge on any atom is -0.377 e. The van der Waals surface area contributed by atoms with Gasteiger partial charge in [0.15, 0.2) is 0 Å². The number of ether oxygens (including phenoxy) is 1. The van der Waals surface area contributed by atoms with Gasteiger partial charge in [-0.25, -0.2) is 4.39 Å². The number of hydrogen-bond donors (Lipinski definition) is 1.